The number of fused-ring (bicyclic) bond motifs is 1. The van der Waals surface area contributed by atoms with Crippen molar-refractivity contribution < 1.29 is 22.6 Å². The zero-order valence-electron chi connectivity index (χ0n) is 11.5. The van der Waals surface area contributed by atoms with Crippen LogP contribution in [0.4, 0.5) is 13.2 Å². The number of piperazine rings is 1. The fraction of sp³-hybridized carbons (Fsp3) is 0.538. The number of alkyl halides is 3. The van der Waals surface area contributed by atoms with Gasteiger partial charge in [-0.25, -0.2) is 0 Å². The smallest absolute Gasteiger partial charge is 0.408 e. The normalized spacial score (nSPS) is 19.6. The first kappa shape index (κ1) is 17.7. The van der Waals surface area contributed by atoms with E-state index in [1.165, 1.54) is 11.0 Å². The molecule has 1 fully saturated rings. The highest BCUT2D eigenvalue weighted by Gasteiger charge is 2.46. The van der Waals surface area contributed by atoms with E-state index in [4.69, 9.17) is 9.47 Å². The summed E-state index contributed by atoms with van der Waals surface area (Å²) < 4.78 is 51.5. The van der Waals surface area contributed by atoms with Gasteiger partial charge in [-0.2, -0.15) is 13.2 Å². The number of halogens is 5. The molecule has 0 unspecified atom stereocenters. The van der Waals surface area contributed by atoms with Crippen molar-refractivity contribution in [2.75, 3.05) is 33.0 Å². The predicted octanol–water partition coefficient (Wildman–Crippen LogP) is 3.11. The van der Waals surface area contributed by atoms with E-state index in [0.29, 0.717) is 42.2 Å². The van der Waals surface area contributed by atoms with Gasteiger partial charge in [-0.15, -0.1) is 12.4 Å². The standard InChI is InChI=1S/C13H14BrF3N2O2.ClH/c14-9-6-11-10(20-7-21-11)5-8(9)12(13(15,16)17)19-3-1-18-2-4-19;/h5-6,12,18H,1-4,7H2;1H/t12-;/m0./s1. The Morgan fingerprint density at radius 2 is 1.73 bits per heavy atom. The van der Waals surface area contributed by atoms with Crippen molar-refractivity contribution in [2.24, 2.45) is 0 Å². The Morgan fingerprint density at radius 1 is 1.14 bits per heavy atom. The van der Waals surface area contributed by atoms with E-state index in [0.717, 1.165) is 0 Å². The predicted molar refractivity (Wildman–Crippen MR) is 80.8 cm³/mol. The van der Waals surface area contributed by atoms with E-state index in [-0.39, 0.29) is 24.8 Å². The van der Waals surface area contributed by atoms with Gasteiger partial charge in [0.2, 0.25) is 6.79 Å². The third-order valence-corrected chi connectivity index (χ3v) is 4.30. The molecule has 0 aliphatic carbocycles. The van der Waals surface area contributed by atoms with E-state index >= 15 is 0 Å². The molecule has 2 aliphatic rings. The van der Waals surface area contributed by atoms with Crippen molar-refractivity contribution in [2.45, 2.75) is 12.2 Å². The molecule has 1 aromatic carbocycles. The Labute approximate surface area is 140 Å². The quantitative estimate of drug-likeness (QED) is 0.823. The highest BCUT2D eigenvalue weighted by atomic mass is 79.9. The molecule has 1 aromatic rings. The summed E-state index contributed by atoms with van der Waals surface area (Å²) in [6.07, 6.45) is -4.35. The fourth-order valence-corrected chi connectivity index (χ4v) is 3.20. The summed E-state index contributed by atoms with van der Waals surface area (Å²) in [5.41, 5.74) is 0.161. The summed E-state index contributed by atoms with van der Waals surface area (Å²) in [7, 11) is 0. The average molecular weight is 404 g/mol. The minimum atomic E-state index is -4.35. The summed E-state index contributed by atoms with van der Waals surface area (Å²) in [4.78, 5) is 1.44. The van der Waals surface area contributed by atoms with Gasteiger partial charge in [-0.3, -0.25) is 4.90 Å². The number of nitrogens with one attached hydrogen (secondary N) is 1. The molecule has 1 saturated heterocycles. The van der Waals surface area contributed by atoms with Crippen LogP contribution in [-0.2, 0) is 0 Å². The first-order valence-electron chi connectivity index (χ1n) is 6.57. The van der Waals surface area contributed by atoms with Crippen molar-refractivity contribution in [3.8, 4) is 11.5 Å². The van der Waals surface area contributed by atoms with Crippen LogP contribution in [0.15, 0.2) is 16.6 Å². The SMILES string of the molecule is Cl.FC(F)(F)[C@H](c1cc2c(cc1Br)OCO2)N1CCNCC1. The Morgan fingerprint density at radius 3 is 2.32 bits per heavy atom. The molecule has 0 aromatic heterocycles. The van der Waals surface area contributed by atoms with Gasteiger partial charge >= 0.3 is 6.18 Å². The van der Waals surface area contributed by atoms with E-state index in [1.54, 1.807) is 6.07 Å². The molecule has 0 saturated carbocycles. The Bertz CT molecular complexity index is 539. The molecule has 2 heterocycles. The molecule has 0 amide bonds. The molecule has 3 rings (SSSR count). The van der Waals surface area contributed by atoms with Crippen molar-refractivity contribution in [3.63, 3.8) is 0 Å². The molecule has 0 spiro atoms. The number of rotatable bonds is 2. The molecule has 22 heavy (non-hydrogen) atoms. The van der Waals surface area contributed by atoms with Gasteiger partial charge < -0.3 is 14.8 Å². The molecule has 4 nitrogen and oxygen atoms in total. The van der Waals surface area contributed by atoms with Crippen LogP contribution in [0.5, 0.6) is 11.5 Å². The Hall–Kier alpha value is -0.700. The zero-order chi connectivity index (χ0) is 15.0. The number of benzene rings is 1. The van der Waals surface area contributed by atoms with Gasteiger partial charge in [0.25, 0.3) is 0 Å². The number of ether oxygens (including phenoxy) is 2. The van der Waals surface area contributed by atoms with Gasteiger partial charge in [0.1, 0.15) is 6.04 Å². The molecular weight excluding hydrogens is 389 g/mol. The highest BCUT2D eigenvalue weighted by molar-refractivity contribution is 9.10. The topological polar surface area (TPSA) is 33.7 Å². The van der Waals surface area contributed by atoms with Crippen LogP contribution in [-0.4, -0.2) is 44.0 Å². The minimum Gasteiger partial charge on any atom is -0.454 e. The molecule has 9 heteroatoms. The van der Waals surface area contributed by atoms with Crippen molar-refractivity contribution >= 4 is 28.3 Å². The van der Waals surface area contributed by atoms with Gasteiger partial charge in [0.05, 0.1) is 0 Å². The van der Waals surface area contributed by atoms with Gasteiger partial charge in [0.15, 0.2) is 11.5 Å². The van der Waals surface area contributed by atoms with Crippen molar-refractivity contribution in [1.82, 2.24) is 10.2 Å². The summed E-state index contributed by atoms with van der Waals surface area (Å²) in [5.74, 6) is 0.824. The van der Waals surface area contributed by atoms with E-state index < -0.39 is 12.2 Å². The van der Waals surface area contributed by atoms with Crippen LogP contribution in [0.2, 0.25) is 0 Å². The second-order valence-electron chi connectivity index (χ2n) is 4.96. The van der Waals surface area contributed by atoms with Crippen LogP contribution in [0.3, 0.4) is 0 Å². The van der Waals surface area contributed by atoms with Gasteiger partial charge in [-0.05, 0) is 17.7 Å². The summed E-state index contributed by atoms with van der Waals surface area (Å²) >= 11 is 3.23. The van der Waals surface area contributed by atoms with Crippen molar-refractivity contribution in [3.05, 3.63) is 22.2 Å². The Kier molecular flexibility index (Phi) is 5.47. The van der Waals surface area contributed by atoms with E-state index in [1.807, 2.05) is 0 Å². The lowest BCUT2D eigenvalue weighted by Gasteiger charge is -2.36. The lowest BCUT2D eigenvalue weighted by molar-refractivity contribution is -0.188. The maximum Gasteiger partial charge on any atom is 0.408 e. The van der Waals surface area contributed by atoms with Crippen LogP contribution in [0.1, 0.15) is 11.6 Å². The molecule has 0 radical (unpaired) electrons. The lowest BCUT2D eigenvalue weighted by atomic mass is 10.0. The fourth-order valence-electron chi connectivity index (χ4n) is 2.66. The molecule has 1 N–H and O–H groups in total. The second-order valence-corrected chi connectivity index (χ2v) is 5.81. The molecular formula is C13H15BrClF3N2O2. The first-order valence-corrected chi connectivity index (χ1v) is 7.36. The van der Waals surface area contributed by atoms with Crippen LogP contribution in [0, 0.1) is 0 Å². The summed E-state index contributed by atoms with van der Waals surface area (Å²) in [5, 5.41) is 3.06. The van der Waals surface area contributed by atoms with Crippen molar-refractivity contribution in [1.29, 1.82) is 0 Å². The summed E-state index contributed by atoms with van der Waals surface area (Å²) in [6.45, 7) is 1.84. The maximum absolute atomic E-state index is 13.6. The summed E-state index contributed by atoms with van der Waals surface area (Å²) in [6, 6.07) is 1.31. The third kappa shape index (κ3) is 3.45. The largest absolute Gasteiger partial charge is 0.454 e. The Balaban J connectivity index is 0.00000176. The number of hydrogen-bond donors (Lipinski definition) is 1. The highest BCUT2D eigenvalue weighted by Crippen LogP contribution is 2.45. The maximum atomic E-state index is 13.6. The molecule has 2 aliphatic heterocycles. The van der Waals surface area contributed by atoms with E-state index in [9.17, 15) is 13.2 Å². The molecule has 1 atom stereocenters. The first-order chi connectivity index (χ1) is 9.97. The average Bonchev–Trinajstić information content (AvgIpc) is 2.86. The van der Waals surface area contributed by atoms with Gasteiger partial charge in [0, 0.05) is 30.7 Å². The van der Waals surface area contributed by atoms with E-state index in [2.05, 4.69) is 21.2 Å². The molecule has 0 bridgehead atoms. The minimum absolute atomic E-state index is 0. The monoisotopic (exact) mass is 402 g/mol. The lowest BCUT2D eigenvalue weighted by Crippen LogP contribution is -2.49. The zero-order valence-corrected chi connectivity index (χ0v) is 13.9. The second kappa shape index (κ2) is 6.82. The number of nitrogens with zero attached hydrogens (tertiary/aromatic N) is 1. The third-order valence-electron chi connectivity index (χ3n) is 3.61. The van der Waals surface area contributed by atoms with Crippen LogP contribution >= 0.6 is 28.3 Å². The molecule has 124 valence electrons. The van der Waals surface area contributed by atoms with Gasteiger partial charge in [-0.1, -0.05) is 15.9 Å². The van der Waals surface area contributed by atoms with Crippen LogP contribution in [0.25, 0.3) is 0 Å². The van der Waals surface area contributed by atoms with Crippen LogP contribution < -0.4 is 14.8 Å². The number of hydrogen-bond acceptors (Lipinski definition) is 4.